The van der Waals surface area contributed by atoms with Crippen molar-refractivity contribution >= 4 is 40.0 Å². The summed E-state index contributed by atoms with van der Waals surface area (Å²) < 4.78 is 48.5. The molecule has 0 atom stereocenters. The van der Waals surface area contributed by atoms with Crippen LogP contribution in [0.3, 0.4) is 0 Å². The van der Waals surface area contributed by atoms with E-state index in [1.165, 1.54) is 0 Å². The van der Waals surface area contributed by atoms with E-state index in [-0.39, 0.29) is 49.8 Å². The predicted molar refractivity (Wildman–Crippen MR) is 95.4 cm³/mol. The average Bonchev–Trinajstić information content (AvgIpc) is 3.13. The molecule has 0 saturated carbocycles. The summed E-state index contributed by atoms with van der Waals surface area (Å²) in [7, 11) is 0. The molecule has 28 heavy (non-hydrogen) atoms. The molecule has 0 unspecified atom stereocenters. The fourth-order valence-electron chi connectivity index (χ4n) is 2.12. The normalized spacial score (nSPS) is 11.5. The molecule has 0 aromatic carbocycles. The van der Waals surface area contributed by atoms with Gasteiger partial charge >= 0.3 is 18.1 Å². The number of hydrogen-bond donors (Lipinski definition) is 2. The summed E-state index contributed by atoms with van der Waals surface area (Å²) in [5.41, 5.74) is 5.99. The smallest absolute Gasteiger partial charge is 0.453 e. The number of aromatic nitrogens is 3. The molecule has 4 N–H and O–H groups in total. The largest absolute Gasteiger partial charge is 0.462 e. The lowest BCUT2D eigenvalue weighted by atomic mass is 10.1. The molecule has 2 aromatic rings. The third kappa shape index (κ3) is 4.49. The van der Waals surface area contributed by atoms with Crippen LogP contribution in [0.25, 0.3) is 0 Å². The minimum absolute atomic E-state index is 0.0299. The quantitative estimate of drug-likeness (QED) is 0.378. The number of carbonyl (C=O) groups excluding carboxylic acids is 2. The second-order valence-corrected chi connectivity index (χ2v) is 7.05. The van der Waals surface area contributed by atoms with Crippen LogP contribution in [0, 0.1) is 0 Å². The molecule has 0 radical (unpaired) electrons. The number of carbonyl (C=O) groups is 2. The van der Waals surface area contributed by atoms with Gasteiger partial charge in [-0.05, 0) is 13.8 Å². The van der Waals surface area contributed by atoms with Gasteiger partial charge in [0.1, 0.15) is 9.88 Å². The molecule has 154 valence electrons. The number of nitrogens with two attached hydrogens (primary N) is 2. The zero-order chi connectivity index (χ0) is 21.1. The highest BCUT2D eigenvalue weighted by atomic mass is 32.2. The van der Waals surface area contributed by atoms with Crippen molar-refractivity contribution in [2.45, 2.75) is 30.9 Å². The number of anilines is 1. The van der Waals surface area contributed by atoms with E-state index in [2.05, 4.69) is 10.2 Å². The molecule has 0 aliphatic rings. The maximum Gasteiger partial charge on any atom is 0.453 e. The van der Waals surface area contributed by atoms with E-state index in [4.69, 9.17) is 21.1 Å². The monoisotopic (exact) mass is 439 g/mol. The van der Waals surface area contributed by atoms with Gasteiger partial charge in [-0.3, -0.25) is 0 Å². The molecule has 14 heteroatoms. The first-order valence-corrected chi connectivity index (χ1v) is 9.57. The standard InChI is InChI=1S/C14H16F3N5O4S2/c1-3-25-10(23)7-6(8(28-9(7)18)11(24)26-4-2)5-27-13-21-20-12(22(13)19)14(15,16)17/h3-5,18-19H2,1-2H3. The Morgan fingerprint density at radius 2 is 1.79 bits per heavy atom. The first kappa shape index (κ1) is 21.8. The lowest BCUT2D eigenvalue weighted by Crippen LogP contribution is -2.21. The van der Waals surface area contributed by atoms with Crippen molar-refractivity contribution in [1.29, 1.82) is 0 Å². The fraction of sp³-hybridized carbons (Fsp3) is 0.429. The maximum absolute atomic E-state index is 12.8. The maximum atomic E-state index is 12.8. The Kier molecular flexibility index (Phi) is 6.77. The van der Waals surface area contributed by atoms with E-state index >= 15 is 0 Å². The van der Waals surface area contributed by atoms with Crippen molar-refractivity contribution < 1.29 is 32.2 Å². The third-order valence-corrected chi connectivity index (χ3v) is 5.25. The molecule has 0 spiro atoms. The van der Waals surface area contributed by atoms with E-state index in [1.807, 2.05) is 0 Å². The van der Waals surface area contributed by atoms with Crippen LogP contribution in [0.2, 0.25) is 0 Å². The summed E-state index contributed by atoms with van der Waals surface area (Å²) in [4.78, 5) is 24.5. The molecule has 0 fully saturated rings. The zero-order valence-electron chi connectivity index (χ0n) is 14.7. The van der Waals surface area contributed by atoms with Crippen LogP contribution in [0.4, 0.5) is 18.2 Å². The minimum Gasteiger partial charge on any atom is -0.462 e. The van der Waals surface area contributed by atoms with E-state index < -0.39 is 23.9 Å². The van der Waals surface area contributed by atoms with Gasteiger partial charge in [-0.15, -0.1) is 21.5 Å². The molecule has 0 bridgehead atoms. The van der Waals surface area contributed by atoms with Crippen molar-refractivity contribution in [2.75, 3.05) is 24.8 Å². The summed E-state index contributed by atoms with van der Waals surface area (Å²) in [5.74, 6) is 2.41. The van der Waals surface area contributed by atoms with Gasteiger partial charge < -0.3 is 21.1 Å². The van der Waals surface area contributed by atoms with E-state index in [9.17, 15) is 22.8 Å². The van der Waals surface area contributed by atoms with Crippen molar-refractivity contribution in [2.24, 2.45) is 0 Å². The Hall–Kier alpha value is -2.48. The number of thiophene rings is 1. The lowest BCUT2D eigenvalue weighted by molar-refractivity contribution is -0.146. The second-order valence-electron chi connectivity index (χ2n) is 5.05. The van der Waals surface area contributed by atoms with Gasteiger partial charge in [-0.25, -0.2) is 14.3 Å². The van der Waals surface area contributed by atoms with Gasteiger partial charge in [-0.1, -0.05) is 11.8 Å². The Bertz CT molecular complexity index is 881. The molecule has 2 rings (SSSR count). The van der Waals surface area contributed by atoms with E-state index in [1.54, 1.807) is 13.8 Å². The molecule has 9 nitrogen and oxygen atoms in total. The summed E-state index contributed by atoms with van der Waals surface area (Å²) >= 11 is 1.58. The highest BCUT2D eigenvalue weighted by Crippen LogP contribution is 2.37. The van der Waals surface area contributed by atoms with Crippen LogP contribution in [0.1, 0.15) is 45.3 Å². The third-order valence-electron chi connectivity index (χ3n) is 3.24. The van der Waals surface area contributed by atoms with E-state index in [0.29, 0.717) is 0 Å². The molecular formula is C14H16F3N5O4S2. The molecule has 0 amide bonds. The Balaban J connectivity index is 2.39. The molecule has 0 aliphatic heterocycles. The molecule has 2 aromatic heterocycles. The summed E-state index contributed by atoms with van der Waals surface area (Å²) in [6.07, 6.45) is -4.78. The highest BCUT2D eigenvalue weighted by Gasteiger charge is 2.38. The molecule has 0 aliphatic carbocycles. The van der Waals surface area contributed by atoms with Crippen LogP contribution in [0.5, 0.6) is 0 Å². The van der Waals surface area contributed by atoms with Crippen LogP contribution >= 0.6 is 23.1 Å². The first-order valence-electron chi connectivity index (χ1n) is 7.77. The molecular weight excluding hydrogens is 423 g/mol. The summed E-state index contributed by atoms with van der Waals surface area (Å²) in [6.45, 7) is 3.35. The van der Waals surface area contributed by atoms with Crippen LogP contribution < -0.4 is 11.6 Å². The zero-order valence-corrected chi connectivity index (χ0v) is 16.3. The van der Waals surface area contributed by atoms with E-state index in [0.717, 1.165) is 23.1 Å². The van der Waals surface area contributed by atoms with Gasteiger partial charge in [0.05, 0.1) is 18.8 Å². The fourth-order valence-corrected chi connectivity index (χ4v) is 4.06. The van der Waals surface area contributed by atoms with Crippen LogP contribution in [0.15, 0.2) is 5.16 Å². The van der Waals surface area contributed by atoms with Gasteiger partial charge in [0.15, 0.2) is 0 Å². The van der Waals surface area contributed by atoms with Gasteiger partial charge in [0.2, 0.25) is 5.16 Å². The van der Waals surface area contributed by atoms with Crippen molar-refractivity contribution in [3.63, 3.8) is 0 Å². The van der Waals surface area contributed by atoms with Crippen LogP contribution in [-0.4, -0.2) is 40.0 Å². The van der Waals surface area contributed by atoms with Gasteiger partial charge in [-0.2, -0.15) is 13.2 Å². The number of nitrogen functional groups attached to an aromatic ring is 2. The van der Waals surface area contributed by atoms with Crippen molar-refractivity contribution in [1.82, 2.24) is 14.9 Å². The predicted octanol–water partition coefficient (Wildman–Crippen LogP) is 2.30. The van der Waals surface area contributed by atoms with Gasteiger partial charge in [0.25, 0.3) is 5.82 Å². The molecule has 0 saturated heterocycles. The molecule has 2 heterocycles. The van der Waals surface area contributed by atoms with Crippen molar-refractivity contribution in [3.05, 3.63) is 21.8 Å². The number of rotatable bonds is 7. The summed E-state index contributed by atoms with van der Waals surface area (Å²) in [5, 5.41) is 6.18. The SMILES string of the molecule is CCOC(=O)c1sc(N)c(C(=O)OCC)c1CSc1nnc(C(F)(F)F)n1N. The number of nitrogens with zero attached hydrogens (tertiary/aromatic N) is 3. The Morgan fingerprint density at radius 1 is 1.18 bits per heavy atom. The highest BCUT2D eigenvalue weighted by molar-refractivity contribution is 7.98. The number of halogens is 3. The second kappa shape index (κ2) is 8.68. The number of hydrogen-bond acceptors (Lipinski definition) is 10. The average molecular weight is 439 g/mol. The van der Waals surface area contributed by atoms with Gasteiger partial charge in [0, 0.05) is 11.3 Å². The Labute approximate surface area is 165 Å². The number of esters is 2. The summed E-state index contributed by atoms with van der Waals surface area (Å²) in [6, 6.07) is 0. The first-order chi connectivity index (χ1) is 13.1. The topological polar surface area (TPSA) is 135 Å². The number of thioether (sulfide) groups is 1. The lowest BCUT2D eigenvalue weighted by Gasteiger charge is -2.08. The van der Waals surface area contributed by atoms with Crippen LogP contribution in [-0.2, 0) is 21.4 Å². The Morgan fingerprint density at radius 3 is 2.32 bits per heavy atom. The minimum atomic E-state index is -4.78. The number of alkyl halides is 3. The number of ether oxygens (including phenoxy) is 2. The van der Waals surface area contributed by atoms with Crippen molar-refractivity contribution in [3.8, 4) is 0 Å².